The van der Waals surface area contributed by atoms with Crippen molar-refractivity contribution >= 4 is 23.7 Å². The predicted molar refractivity (Wildman–Crippen MR) is 142 cm³/mol. The molecule has 1 saturated carbocycles. The lowest BCUT2D eigenvalue weighted by molar-refractivity contribution is 0.455. The molecule has 1 aromatic heterocycles. The molecule has 0 radical (unpaired) electrons. The third-order valence-corrected chi connectivity index (χ3v) is 7.19. The zero-order chi connectivity index (χ0) is 24.4. The van der Waals surface area contributed by atoms with E-state index in [-0.39, 0.29) is 17.6 Å². The summed E-state index contributed by atoms with van der Waals surface area (Å²) in [6.07, 6.45) is 10.9. The van der Waals surface area contributed by atoms with Crippen LogP contribution in [0.1, 0.15) is 75.1 Å². The van der Waals surface area contributed by atoms with Crippen LogP contribution in [0, 0.1) is 24.2 Å². The number of amidine groups is 1. The highest BCUT2D eigenvalue weighted by Crippen LogP contribution is 2.34. The molecular formula is C29H38N4O. The second-order valence-electron chi connectivity index (χ2n) is 9.89. The first kappa shape index (κ1) is 24.1. The van der Waals surface area contributed by atoms with E-state index < -0.39 is 0 Å². The number of fused-ring (bicyclic) bond motifs is 1. The summed E-state index contributed by atoms with van der Waals surface area (Å²) in [5, 5.41) is 24.5. The first-order chi connectivity index (χ1) is 16.3. The van der Waals surface area contributed by atoms with E-state index in [0.717, 1.165) is 41.6 Å². The molecule has 0 saturated heterocycles. The van der Waals surface area contributed by atoms with Gasteiger partial charge in [0.25, 0.3) is 0 Å². The van der Waals surface area contributed by atoms with Crippen LogP contribution in [-0.4, -0.2) is 28.2 Å². The molecule has 5 heteroatoms. The zero-order valence-electron chi connectivity index (χ0n) is 21.1. The zero-order valence-corrected chi connectivity index (χ0v) is 21.1. The number of aromatic amines is 1. The Labute approximate surface area is 202 Å². The van der Waals surface area contributed by atoms with E-state index >= 15 is 0 Å². The summed E-state index contributed by atoms with van der Waals surface area (Å²) >= 11 is 0. The summed E-state index contributed by atoms with van der Waals surface area (Å²) in [4.78, 5) is 7.69. The molecule has 4 N–H and O–H groups in total. The number of H-pyrrole nitrogens is 1. The van der Waals surface area contributed by atoms with Crippen molar-refractivity contribution in [1.29, 1.82) is 5.41 Å². The van der Waals surface area contributed by atoms with Gasteiger partial charge in [0, 0.05) is 34.8 Å². The van der Waals surface area contributed by atoms with Crippen LogP contribution < -0.4 is 15.9 Å². The minimum Gasteiger partial charge on any atom is -0.494 e. The molecule has 2 aliphatic rings. The van der Waals surface area contributed by atoms with Crippen LogP contribution in [0.2, 0.25) is 0 Å². The molecule has 4 rings (SSSR count). The van der Waals surface area contributed by atoms with Gasteiger partial charge in [-0.15, -0.1) is 0 Å². The Kier molecular flexibility index (Phi) is 7.11. The van der Waals surface area contributed by atoms with E-state index in [2.05, 4.69) is 66.4 Å². The van der Waals surface area contributed by atoms with Gasteiger partial charge < -0.3 is 15.4 Å². The highest BCUT2D eigenvalue weighted by molar-refractivity contribution is 6.09. The Balaban J connectivity index is 1.70. The average Bonchev–Trinajstić information content (AvgIpc) is 3.57. The summed E-state index contributed by atoms with van der Waals surface area (Å²) < 4.78 is 0. The molecule has 0 spiro atoms. The van der Waals surface area contributed by atoms with Crippen LogP contribution in [-0.2, 0) is 6.42 Å². The number of hydrogen-bond donors (Lipinski definition) is 4. The Morgan fingerprint density at radius 1 is 1.24 bits per heavy atom. The molecule has 2 unspecified atom stereocenters. The van der Waals surface area contributed by atoms with Gasteiger partial charge in [-0.1, -0.05) is 44.2 Å². The number of allylic oxidation sites excluding steroid dienone is 1. The van der Waals surface area contributed by atoms with Gasteiger partial charge in [0.05, 0.1) is 11.3 Å². The number of hydrogen-bond acceptors (Lipinski definition) is 3. The summed E-state index contributed by atoms with van der Waals surface area (Å²) in [6, 6.07) is 6.77. The second kappa shape index (κ2) is 10.0. The number of nitrogens with zero attached hydrogens (tertiary/aromatic N) is 1. The van der Waals surface area contributed by atoms with Gasteiger partial charge in [-0.3, -0.25) is 5.41 Å². The minimum absolute atomic E-state index is 0.119. The third-order valence-electron chi connectivity index (χ3n) is 7.19. The van der Waals surface area contributed by atoms with Crippen LogP contribution in [0.25, 0.3) is 12.2 Å². The number of rotatable bonds is 8. The molecule has 0 aliphatic heterocycles. The Morgan fingerprint density at radius 3 is 2.68 bits per heavy atom. The lowest BCUT2D eigenvalue weighted by atomic mass is 9.78. The molecule has 5 nitrogen and oxygen atoms in total. The van der Waals surface area contributed by atoms with Crippen LogP contribution in [0.5, 0.6) is 5.88 Å². The summed E-state index contributed by atoms with van der Waals surface area (Å²) in [5.74, 6) is 1.66. The Hall–Kier alpha value is -3.08. The predicted octanol–water partition coefficient (Wildman–Crippen LogP) is 4.67. The van der Waals surface area contributed by atoms with E-state index in [1.165, 1.54) is 29.5 Å². The van der Waals surface area contributed by atoms with Crippen molar-refractivity contribution in [1.82, 2.24) is 10.3 Å². The molecule has 2 aliphatic carbocycles. The summed E-state index contributed by atoms with van der Waals surface area (Å²) in [5.41, 5.74) is 6.27. The highest BCUT2D eigenvalue weighted by atomic mass is 16.3. The van der Waals surface area contributed by atoms with Gasteiger partial charge in [-0.2, -0.15) is 0 Å². The number of nitrogens with one attached hydrogen (secondary N) is 3. The lowest BCUT2D eigenvalue weighted by Crippen LogP contribution is -2.34. The van der Waals surface area contributed by atoms with Gasteiger partial charge in [-0.25, -0.2) is 4.99 Å². The summed E-state index contributed by atoms with van der Waals surface area (Å²) in [7, 11) is 0. The third kappa shape index (κ3) is 5.19. The number of aromatic nitrogens is 1. The quantitative estimate of drug-likeness (QED) is 0.342. The fourth-order valence-corrected chi connectivity index (χ4v) is 4.92. The normalized spacial score (nSPS) is 20.4. The van der Waals surface area contributed by atoms with Crippen LogP contribution in [0.15, 0.2) is 35.0 Å². The Morgan fingerprint density at radius 2 is 2.00 bits per heavy atom. The van der Waals surface area contributed by atoms with Gasteiger partial charge in [0.2, 0.25) is 0 Å². The fourth-order valence-electron chi connectivity index (χ4n) is 4.92. The topological polar surface area (TPSA) is 84.3 Å². The molecule has 180 valence electrons. The molecule has 1 aromatic carbocycles. The van der Waals surface area contributed by atoms with Crippen molar-refractivity contribution in [2.24, 2.45) is 16.8 Å². The minimum atomic E-state index is 0.119. The van der Waals surface area contributed by atoms with Crippen LogP contribution in [0.4, 0.5) is 0 Å². The van der Waals surface area contributed by atoms with Crippen molar-refractivity contribution in [3.63, 3.8) is 0 Å². The molecule has 1 fully saturated rings. The molecule has 34 heavy (non-hydrogen) atoms. The maximum atomic E-state index is 10.8. The van der Waals surface area contributed by atoms with Crippen molar-refractivity contribution in [2.75, 3.05) is 6.54 Å². The van der Waals surface area contributed by atoms with Crippen LogP contribution in [0.3, 0.4) is 0 Å². The molecule has 2 aromatic rings. The SMILES string of the molecule is CCc1ccc(C)c(C2C=c3c(C(C)=NC(=N)/C=C(/C)NCC4CC4)c(O)[nH]c3=CC2CC)c1. The monoisotopic (exact) mass is 458 g/mol. The highest BCUT2D eigenvalue weighted by Gasteiger charge is 2.25. The first-order valence-electron chi connectivity index (χ1n) is 12.6. The van der Waals surface area contributed by atoms with E-state index in [1.54, 1.807) is 6.08 Å². The van der Waals surface area contributed by atoms with Crippen molar-refractivity contribution in [3.05, 3.63) is 62.8 Å². The Bertz CT molecular complexity index is 1260. The molecule has 1 heterocycles. The number of aliphatic imine (C=N–C) groups is 1. The van der Waals surface area contributed by atoms with Gasteiger partial charge in [0.15, 0.2) is 5.88 Å². The smallest absolute Gasteiger partial charge is 0.198 e. The van der Waals surface area contributed by atoms with Crippen molar-refractivity contribution in [3.8, 4) is 5.88 Å². The second-order valence-corrected chi connectivity index (χ2v) is 9.89. The maximum Gasteiger partial charge on any atom is 0.198 e. The fraction of sp³-hybridized carbons (Fsp3) is 0.448. The number of benzene rings is 1. The lowest BCUT2D eigenvalue weighted by Gasteiger charge is -2.25. The number of aryl methyl sites for hydroxylation is 2. The van der Waals surface area contributed by atoms with E-state index in [1.807, 2.05) is 13.8 Å². The molecule has 0 amide bonds. The van der Waals surface area contributed by atoms with Gasteiger partial charge in [-0.05, 0) is 75.0 Å². The molecular weight excluding hydrogens is 420 g/mol. The van der Waals surface area contributed by atoms with E-state index in [4.69, 9.17) is 5.41 Å². The standard InChI is InChI=1S/C29H38N4O/c1-6-20-9-8-17(3)23(13-20)24-15-25-26(14-22(24)7-2)33-29(34)28(25)19(5)32-27(30)12-18(4)31-16-21-10-11-21/h8-9,12-15,21-22,24,30-31,33-34H,6-7,10-11,16H2,1-5H3/b18-12-,30-27?,32-19?. The first-order valence-corrected chi connectivity index (χ1v) is 12.6. The maximum absolute atomic E-state index is 10.8. The molecule has 0 bridgehead atoms. The number of aromatic hydroxyl groups is 1. The van der Waals surface area contributed by atoms with Crippen molar-refractivity contribution in [2.45, 2.75) is 66.2 Å². The van der Waals surface area contributed by atoms with Gasteiger partial charge in [0.1, 0.15) is 5.84 Å². The van der Waals surface area contributed by atoms with Gasteiger partial charge >= 0.3 is 0 Å². The largest absolute Gasteiger partial charge is 0.494 e. The van der Waals surface area contributed by atoms with E-state index in [0.29, 0.717) is 17.2 Å². The molecule has 2 atom stereocenters. The van der Waals surface area contributed by atoms with E-state index in [9.17, 15) is 5.11 Å². The van der Waals surface area contributed by atoms with Crippen molar-refractivity contribution < 1.29 is 5.11 Å². The average molecular weight is 459 g/mol. The van der Waals surface area contributed by atoms with Crippen LogP contribution >= 0.6 is 0 Å². The summed E-state index contributed by atoms with van der Waals surface area (Å²) in [6.45, 7) is 11.4.